The van der Waals surface area contributed by atoms with Crippen LogP contribution in [0.4, 0.5) is 0 Å². The van der Waals surface area contributed by atoms with Crippen LogP contribution in [-0.2, 0) is 6.54 Å². The SMILES string of the molecule is CCNC(=NCCNC(=O)c1ccco1)NCCn1cccc1. The Morgan fingerprint density at radius 1 is 1.17 bits per heavy atom. The Morgan fingerprint density at radius 2 is 2.00 bits per heavy atom. The van der Waals surface area contributed by atoms with Gasteiger partial charge in [-0.25, -0.2) is 0 Å². The van der Waals surface area contributed by atoms with Gasteiger partial charge in [0.1, 0.15) is 0 Å². The first-order valence-electron chi connectivity index (χ1n) is 7.74. The van der Waals surface area contributed by atoms with Gasteiger partial charge in [-0.1, -0.05) is 0 Å². The lowest BCUT2D eigenvalue weighted by atomic mass is 10.4. The summed E-state index contributed by atoms with van der Waals surface area (Å²) in [6, 6.07) is 7.32. The fraction of sp³-hybridized carbons (Fsp3) is 0.375. The van der Waals surface area contributed by atoms with Crippen LogP contribution in [0.5, 0.6) is 0 Å². The van der Waals surface area contributed by atoms with Crippen LogP contribution in [0.15, 0.2) is 52.3 Å². The summed E-state index contributed by atoms with van der Waals surface area (Å²) in [6.45, 7) is 5.39. The first kappa shape index (κ1) is 16.7. The Bertz CT molecular complexity index is 590. The largest absolute Gasteiger partial charge is 0.459 e. The molecule has 2 rings (SSSR count). The number of nitrogens with one attached hydrogen (secondary N) is 3. The fourth-order valence-corrected chi connectivity index (χ4v) is 2.00. The minimum absolute atomic E-state index is 0.226. The van der Waals surface area contributed by atoms with Crippen LogP contribution in [0, 0.1) is 0 Å². The molecule has 2 aromatic heterocycles. The zero-order valence-corrected chi connectivity index (χ0v) is 13.3. The monoisotopic (exact) mass is 317 g/mol. The van der Waals surface area contributed by atoms with E-state index in [0.717, 1.165) is 25.6 Å². The summed E-state index contributed by atoms with van der Waals surface area (Å²) in [5.41, 5.74) is 0. The Labute approximate surface area is 135 Å². The Hall–Kier alpha value is -2.70. The summed E-state index contributed by atoms with van der Waals surface area (Å²) in [7, 11) is 0. The van der Waals surface area contributed by atoms with E-state index in [9.17, 15) is 4.79 Å². The molecule has 0 aliphatic carbocycles. The number of aliphatic imine (C=N–C) groups is 1. The quantitative estimate of drug-likeness (QED) is 0.386. The number of aromatic nitrogens is 1. The van der Waals surface area contributed by atoms with E-state index in [1.54, 1.807) is 12.1 Å². The molecular formula is C16H23N5O2. The van der Waals surface area contributed by atoms with Gasteiger partial charge in [0.05, 0.1) is 12.8 Å². The highest BCUT2D eigenvalue weighted by Crippen LogP contribution is 1.98. The second-order valence-corrected chi connectivity index (χ2v) is 4.84. The van der Waals surface area contributed by atoms with E-state index in [2.05, 4.69) is 25.5 Å². The van der Waals surface area contributed by atoms with Crippen molar-refractivity contribution in [2.24, 2.45) is 4.99 Å². The van der Waals surface area contributed by atoms with Crippen molar-refractivity contribution in [1.82, 2.24) is 20.5 Å². The molecule has 3 N–H and O–H groups in total. The minimum atomic E-state index is -0.226. The number of amides is 1. The second-order valence-electron chi connectivity index (χ2n) is 4.84. The molecule has 0 fully saturated rings. The van der Waals surface area contributed by atoms with E-state index in [4.69, 9.17) is 4.42 Å². The van der Waals surface area contributed by atoms with Crippen LogP contribution in [0.2, 0.25) is 0 Å². The Morgan fingerprint density at radius 3 is 2.70 bits per heavy atom. The highest BCUT2D eigenvalue weighted by molar-refractivity contribution is 5.91. The molecule has 0 aliphatic heterocycles. The van der Waals surface area contributed by atoms with Crippen LogP contribution in [0.3, 0.4) is 0 Å². The molecule has 0 unspecified atom stereocenters. The molecule has 124 valence electrons. The molecule has 7 nitrogen and oxygen atoms in total. The van der Waals surface area contributed by atoms with E-state index in [1.807, 2.05) is 31.5 Å². The molecule has 1 amide bonds. The normalized spacial score (nSPS) is 11.3. The molecular weight excluding hydrogens is 294 g/mol. The molecule has 0 bridgehead atoms. The maximum absolute atomic E-state index is 11.7. The second kappa shape index (κ2) is 9.34. The smallest absolute Gasteiger partial charge is 0.287 e. The maximum atomic E-state index is 11.7. The lowest BCUT2D eigenvalue weighted by Gasteiger charge is -2.11. The molecule has 0 aliphatic rings. The van der Waals surface area contributed by atoms with Gasteiger partial charge in [-0.3, -0.25) is 9.79 Å². The van der Waals surface area contributed by atoms with Gasteiger partial charge >= 0.3 is 0 Å². The fourth-order valence-electron chi connectivity index (χ4n) is 2.00. The van der Waals surface area contributed by atoms with Crippen LogP contribution in [0.25, 0.3) is 0 Å². The molecule has 23 heavy (non-hydrogen) atoms. The van der Waals surface area contributed by atoms with E-state index in [0.29, 0.717) is 18.8 Å². The molecule has 0 saturated carbocycles. The number of carbonyl (C=O) groups is 1. The lowest BCUT2D eigenvalue weighted by molar-refractivity contribution is 0.0927. The molecule has 0 radical (unpaired) electrons. The number of hydrogen-bond donors (Lipinski definition) is 3. The third-order valence-corrected chi connectivity index (χ3v) is 3.09. The van der Waals surface area contributed by atoms with Gasteiger partial charge in [0.2, 0.25) is 0 Å². The summed E-state index contributed by atoms with van der Waals surface area (Å²) < 4.78 is 7.12. The van der Waals surface area contributed by atoms with E-state index >= 15 is 0 Å². The van der Waals surface area contributed by atoms with Crippen molar-refractivity contribution in [3.05, 3.63) is 48.7 Å². The average molecular weight is 317 g/mol. The lowest BCUT2D eigenvalue weighted by Crippen LogP contribution is -2.39. The van der Waals surface area contributed by atoms with E-state index in [1.165, 1.54) is 6.26 Å². The Balaban J connectivity index is 1.69. The van der Waals surface area contributed by atoms with Crippen LogP contribution >= 0.6 is 0 Å². The van der Waals surface area contributed by atoms with Crippen molar-refractivity contribution in [3.63, 3.8) is 0 Å². The number of guanidine groups is 1. The molecule has 0 aromatic carbocycles. The molecule has 0 saturated heterocycles. The third kappa shape index (κ3) is 5.90. The van der Waals surface area contributed by atoms with Gasteiger partial charge in [-0.05, 0) is 31.2 Å². The zero-order valence-electron chi connectivity index (χ0n) is 13.3. The first-order chi connectivity index (χ1) is 11.3. The van der Waals surface area contributed by atoms with Gasteiger partial charge < -0.3 is 24.9 Å². The number of hydrogen-bond acceptors (Lipinski definition) is 3. The van der Waals surface area contributed by atoms with Crippen molar-refractivity contribution in [3.8, 4) is 0 Å². The van der Waals surface area contributed by atoms with Gasteiger partial charge in [-0.2, -0.15) is 0 Å². The summed E-state index contributed by atoms with van der Waals surface area (Å²) in [5.74, 6) is 0.827. The van der Waals surface area contributed by atoms with Crippen LogP contribution in [0.1, 0.15) is 17.5 Å². The van der Waals surface area contributed by atoms with Crippen molar-refractivity contribution < 1.29 is 9.21 Å². The summed E-state index contributed by atoms with van der Waals surface area (Å²) >= 11 is 0. The van der Waals surface area contributed by atoms with Crippen molar-refractivity contribution in [2.45, 2.75) is 13.5 Å². The standard InChI is InChI=1S/C16H23N5O2/c1-2-17-16(20-9-12-21-10-3-4-11-21)19-8-7-18-15(22)14-6-5-13-23-14/h3-6,10-11,13H,2,7-9,12H2,1H3,(H,18,22)(H2,17,19,20). The Kier molecular flexibility index (Phi) is 6.77. The predicted octanol–water partition coefficient (Wildman–Crippen LogP) is 1.07. The van der Waals surface area contributed by atoms with E-state index < -0.39 is 0 Å². The first-order valence-corrected chi connectivity index (χ1v) is 7.74. The van der Waals surface area contributed by atoms with Gasteiger partial charge in [0.15, 0.2) is 11.7 Å². The van der Waals surface area contributed by atoms with Crippen molar-refractivity contribution in [2.75, 3.05) is 26.2 Å². The van der Waals surface area contributed by atoms with Crippen LogP contribution < -0.4 is 16.0 Å². The number of carbonyl (C=O) groups excluding carboxylic acids is 1. The minimum Gasteiger partial charge on any atom is -0.459 e. The predicted molar refractivity (Wildman–Crippen MR) is 89.5 cm³/mol. The zero-order chi connectivity index (χ0) is 16.3. The molecule has 7 heteroatoms. The van der Waals surface area contributed by atoms with Crippen molar-refractivity contribution in [1.29, 1.82) is 0 Å². The van der Waals surface area contributed by atoms with Gasteiger partial charge in [0.25, 0.3) is 5.91 Å². The number of rotatable bonds is 8. The molecule has 0 spiro atoms. The number of furan rings is 1. The maximum Gasteiger partial charge on any atom is 0.287 e. The summed E-state index contributed by atoms with van der Waals surface area (Å²) in [6.07, 6.45) is 5.52. The molecule has 0 atom stereocenters. The molecule has 2 aromatic rings. The molecule has 2 heterocycles. The van der Waals surface area contributed by atoms with Crippen molar-refractivity contribution >= 4 is 11.9 Å². The topological polar surface area (TPSA) is 83.6 Å². The average Bonchev–Trinajstić information content (AvgIpc) is 3.24. The highest BCUT2D eigenvalue weighted by atomic mass is 16.3. The van der Waals surface area contributed by atoms with Gasteiger partial charge in [-0.15, -0.1) is 0 Å². The summed E-state index contributed by atoms with van der Waals surface area (Å²) in [5, 5.41) is 9.20. The summed E-state index contributed by atoms with van der Waals surface area (Å²) in [4.78, 5) is 16.1. The van der Waals surface area contributed by atoms with Crippen LogP contribution in [-0.4, -0.2) is 42.6 Å². The van der Waals surface area contributed by atoms with E-state index in [-0.39, 0.29) is 5.91 Å². The highest BCUT2D eigenvalue weighted by Gasteiger charge is 2.06. The number of nitrogens with zero attached hydrogens (tertiary/aromatic N) is 2. The van der Waals surface area contributed by atoms with Gasteiger partial charge in [0, 0.05) is 38.6 Å². The third-order valence-electron chi connectivity index (χ3n) is 3.09.